The number of nitrogens with one attached hydrogen (secondary N) is 1. The standard InChI is InChI=1S/C15H21N3O2/c1-18-9-8-16-15(18)14(13-7-4-10-20-13)17-11-5-3-6-12(11)19-2/h4,7-12,14,17H,3,5-6H2,1-2H3. The van der Waals surface area contributed by atoms with Crippen LogP contribution in [-0.2, 0) is 11.8 Å². The lowest BCUT2D eigenvalue weighted by Gasteiger charge is -2.25. The van der Waals surface area contributed by atoms with Crippen molar-refractivity contribution in [3.63, 3.8) is 0 Å². The minimum Gasteiger partial charge on any atom is -0.467 e. The first kappa shape index (κ1) is 13.4. The van der Waals surface area contributed by atoms with Crippen molar-refractivity contribution in [1.29, 1.82) is 0 Å². The first-order valence-corrected chi connectivity index (χ1v) is 7.09. The molecule has 0 bridgehead atoms. The lowest BCUT2D eigenvalue weighted by molar-refractivity contribution is 0.0814. The molecule has 20 heavy (non-hydrogen) atoms. The van der Waals surface area contributed by atoms with Crippen LogP contribution in [0.5, 0.6) is 0 Å². The van der Waals surface area contributed by atoms with Crippen LogP contribution in [0.3, 0.4) is 0 Å². The van der Waals surface area contributed by atoms with Crippen molar-refractivity contribution in [2.45, 2.75) is 37.5 Å². The van der Waals surface area contributed by atoms with Crippen molar-refractivity contribution in [2.24, 2.45) is 7.05 Å². The van der Waals surface area contributed by atoms with Crippen LogP contribution in [0.1, 0.15) is 36.9 Å². The van der Waals surface area contributed by atoms with Crippen LogP contribution in [0, 0.1) is 0 Å². The number of aromatic nitrogens is 2. The maximum absolute atomic E-state index is 5.60. The SMILES string of the molecule is COC1CCCC1NC(c1ccco1)c1nccn1C. The van der Waals surface area contributed by atoms with Crippen LogP contribution in [0.25, 0.3) is 0 Å². The van der Waals surface area contributed by atoms with E-state index >= 15 is 0 Å². The molecule has 108 valence electrons. The van der Waals surface area contributed by atoms with Crippen molar-refractivity contribution in [2.75, 3.05) is 7.11 Å². The summed E-state index contributed by atoms with van der Waals surface area (Å²) in [4.78, 5) is 4.46. The number of hydrogen-bond donors (Lipinski definition) is 1. The molecule has 1 aliphatic carbocycles. The van der Waals surface area contributed by atoms with E-state index in [1.165, 1.54) is 6.42 Å². The van der Waals surface area contributed by atoms with Gasteiger partial charge in [-0.2, -0.15) is 0 Å². The van der Waals surface area contributed by atoms with Crippen LogP contribution >= 0.6 is 0 Å². The Morgan fingerprint density at radius 2 is 2.40 bits per heavy atom. The minimum absolute atomic E-state index is 0.0363. The molecule has 0 aliphatic heterocycles. The van der Waals surface area contributed by atoms with Gasteiger partial charge in [0.1, 0.15) is 17.6 Å². The molecule has 3 unspecified atom stereocenters. The fourth-order valence-corrected chi connectivity index (χ4v) is 3.01. The van der Waals surface area contributed by atoms with E-state index in [4.69, 9.17) is 9.15 Å². The summed E-state index contributed by atoms with van der Waals surface area (Å²) < 4.78 is 13.2. The van der Waals surface area contributed by atoms with Gasteiger partial charge in [0.25, 0.3) is 0 Å². The van der Waals surface area contributed by atoms with E-state index in [-0.39, 0.29) is 12.1 Å². The molecular weight excluding hydrogens is 254 g/mol. The van der Waals surface area contributed by atoms with E-state index in [0.29, 0.717) is 6.04 Å². The lowest BCUT2D eigenvalue weighted by Crippen LogP contribution is -2.40. The molecule has 5 nitrogen and oxygen atoms in total. The monoisotopic (exact) mass is 275 g/mol. The van der Waals surface area contributed by atoms with Crippen LogP contribution in [-0.4, -0.2) is 28.8 Å². The third-order valence-electron chi connectivity index (χ3n) is 4.08. The largest absolute Gasteiger partial charge is 0.467 e. The van der Waals surface area contributed by atoms with Gasteiger partial charge >= 0.3 is 0 Å². The molecule has 0 radical (unpaired) electrons. The molecule has 3 atom stereocenters. The number of rotatable bonds is 5. The Kier molecular flexibility index (Phi) is 3.89. The molecule has 1 aliphatic rings. The van der Waals surface area contributed by atoms with Gasteiger partial charge in [-0.15, -0.1) is 0 Å². The van der Waals surface area contributed by atoms with Crippen molar-refractivity contribution in [1.82, 2.24) is 14.9 Å². The highest BCUT2D eigenvalue weighted by Crippen LogP contribution is 2.27. The van der Waals surface area contributed by atoms with Gasteiger partial charge in [-0.25, -0.2) is 4.98 Å². The van der Waals surface area contributed by atoms with Gasteiger partial charge in [0, 0.05) is 32.6 Å². The van der Waals surface area contributed by atoms with Crippen LogP contribution in [0.15, 0.2) is 35.2 Å². The average Bonchev–Trinajstić information content (AvgIpc) is 3.17. The van der Waals surface area contributed by atoms with E-state index in [1.54, 1.807) is 13.4 Å². The van der Waals surface area contributed by atoms with Crippen LogP contribution in [0.2, 0.25) is 0 Å². The zero-order chi connectivity index (χ0) is 13.9. The molecule has 2 heterocycles. The summed E-state index contributed by atoms with van der Waals surface area (Å²) >= 11 is 0. The average molecular weight is 275 g/mol. The highest BCUT2D eigenvalue weighted by Gasteiger charge is 2.32. The lowest BCUT2D eigenvalue weighted by atomic mass is 10.1. The second-order valence-corrected chi connectivity index (χ2v) is 5.32. The Morgan fingerprint density at radius 1 is 1.50 bits per heavy atom. The molecule has 2 aromatic heterocycles. The van der Waals surface area contributed by atoms with Gasteiger partial charge in [-0.1, -0.05) is 0 Å². The Bertz CT molecular complexity index is 535. The molecule has 1 fully saturated rings. The van der Waals surface area contributed by atoms with Crippen molar-refractivity contribution < 1.29 is 9.15 Å². The van der Waals surface area contributed by atoms with E-state index in [9.17, 15) is 0 Å². The third-order valence-corrected chi connectivity index (χ3v) is 4.08. The van der Waals surface area contributed by atoms with Crippen LogP contribution < -0.4 is 5.32 Å². The summed E-state index contributed by atoms with van der Waals surface area (Å²) in [6, 6.07) is 4.20. The van der Waals surface area contributed by atoms with Gasteiger partial charge < -0.3 is 13.7 Å². The zero-order valence-corrected chi connectivity index (χ0v) is 12.0. The number of ether oxygens (including phenoxy) is 1. The summed E-state index contributed by atoms with van der Waals surface area (Å²) in [6.45, 7) is 0. The Hall–Kier alpha value is -1.59. The molecule has 5 heteroatoms. The Labute approximate surface area is 118 Å². The molecular formula is C15H21N3O2. The highest BCUT2D eigenvalue weighted by atomic mass is 16.5. The summed E-state index contributed by atoms with van der Waals surface area (Å²) in [6.07, 6.45) is 9.18. The fraction of sp³-hybridized carbons (Fsp3) is 0.533. The molecule has 1 saturated carbocycles. The first-order chi connectivity index (χ1) is 9.79. The van der Waals surface area contributed by atoms with Gasteiger partial charge in [-0.05, 0) is 31.4 Å². The van der Waals surface area contributed by atoms with E-state index < -0.39 is 0 Å². The summed E-state index contributed by atoms with van der Waals surface area (Å²) in [5.74, 6) is 1.85. The molecule has 3 rings (SSSR count). The maximum atomic E-state index is 5.60. The molecule has 2 aromatic rings. The number of aryl methyl sites for hydroxylation is 1. The molecule has 0 amide bonds. The highest BCUT2D eigenvalue weighted by molar-refractivity contribution is 5.16. The molecule has 0 saturated heterocycles. The number of furan rings is 1. The van der Waals surface area contributed by atoms with Crippen molar-refractivity contribution in [3.05, 3.63) is 42.4 Å². The molecule has 0 spiro atoms. The number of imidazole rings is 1. The smallest absolute Gasteiger partial charge is 0.133 e. The van der Waals surface area contributed by atoms with E-state index in [2.05, 4.69) is 10.3 Å². The van der Waals surface area contributed by atoms with Crippen LogP contribution in [0.4, 0.5) is 0 Å². The molecule has 0 aromatic carbocycles. The van der Waals surface area contributed by atoms with E-state index in [1.807, 2.05) is 36.1 Å². The normalized spacial score (nSPS) is 24.1. The van der Waals surface area contributed by atoms with Crippen molar-refractivity contribution >= 4 is 0 Å². The summed E-state index contributed by atoms with van der Waals surface area (Å²) in [5, 5.41) is 3.66. The van der Waals surface area contributed by atoms with E-state index in [0.717, 1.165) is 24.4 Å². The number of methoxy groups -OCH3 is 1. The zero-order valence-electron chi connectivity index (χ0n) is 12.0. The summed E-state index contributed by atoms with van der Waals surface area (Å²) in [7, 11) is 3.79. The Morgan fingerprint density at radius 3 is 3.05 bits per heavy atom. The second-order valence-electron chi connectivity index (χ2n) is 5.32. The van der Waals surface area contributed by atoms with Gasteiger partial charge in [0.15, 0.2) is 0 Å². The Balaban J connectivity index is 1.85. The van der Waals surface area contributed by atoms with Gasteiger partial charge in [-0.3, -0.25) is 5.32 Å². The first-order valence-electron chi connectivity index (χ1n) is 7.09. The molecule has 1 N–H and O–H groups in total. The fourth-order valence-electron chi connectivity index (χ4n) is 3.01. The van der Waals surface area contributed by atoms with Gasteiger partial charge in [0.05, 0.1) is 12.4 Å². The number of hydrogen-bond acceptors (Lipinski definition) is 4. The maximum Gasteiger partial charge on any atom is 0.133 e. The number of nitrogens with zero attached hydrogens (tertiary/aromatic N) is 2. The third kappa shape index (κ3) is 2.51. The predicted octanol–water partition coefficient (Wildman–Crippen LogP) is 2.26. The summed E-state index contributed by atoms with van der Waals surface area (Å²) in [5.41, 5.74) is 0. The van der Waals surface area contributed by atoms with Crippen molar-refractivity contribution in [3.8, 4) is 0 Å². The quantitative estimate of drug-likeness (QED) is 0.909. The predicted molar refractivity (Wildman–Crippen MR) is 75.3 cm³/mol. The second kappa shape index (κ2) is 5.81. The minimum atomic E-state index is -0.0363. The topological polar surface area (TPSA) is 52.2 Å². The van der Waals surface area contributed by atoms with Gasteiger partial charge in [0.2, 0.25) is 0 Å².